The Kier molecular flexibility index (Phi) is 16.9. The first-order valence-corrected chi connectivity index (χ1v) is 13.3. The van der Waals surface area contributed by atoms with Crippen LogP contribution in [0.4, 0.5) is 38.4 Å². The first kappa shape index (κ1) is 45.3. The van der Waals surface area contributed by atoms with Gasteiger partial charge in [0.2, 0.25) is 0 Å². The van der Waals surface area contributed by atoms with Gasteiger partial charge in [0.05, 0.1) is 56.9 Å². The fourth-order valence-electron chi connectivity index (χ4n) is 2.59. The molecule has 304 valence electrons. The van der Waals surface area contributed by atoms with Crippen LogP contribution in [0.2, 0.25) is 0 Å². The Morgan fingerprint density at radius 1 is 0.268 bits per heavy atom. The molecule has 0 bridgehead atoms. The molecule has 0 unspecified atom stereocenters. The van der Waals surface area contributed by atoms with Crippen LogP contribution in [0.15, 0.2) is 19.2 Å². The second-order valence-corrected chi connectivity index (χ2v) is 8.10. The molecular formula is C20H24N16O20. The number of aromatic nitrogens is 16. The predicted molar refractivity (Wildman–Crippen MR) is 160 cm³/mol. The van der Waals surface area contributed by atoms with Crippen LogP contribution < -0.4 is 22.8 Å². The van der Waals surface area contributed by atoms with Gasteiger partial charge in [0, 0.05) is 0 Å². The average Bonchev–Trinajstić information content (AvgIpc) is 4.01. The predicted octanol–water partition coefficient (Wildman–Crippen LogP) is -5.32. The highest BCUT2D eigenvalue weighted by Crippen LogP contribution is 1.85. The molecule has 4 aromatic heterocycles. The maximum atomic E-state index is 11.2. The van der Waals surface area contributed by atoms with Crippen LogP contribution in [-0.4, -0.2) is 185 Å². The molecule has 0 aliphatic heterocycles. The summed E-state index contributed by atoms with van der Waals surface area (Å²) < 4.78 is 35.9. The van der Waals surface area contributed by atoms with Crippen molar-refractivity contribution in [2.75, 3.05) is 56.9 Å². The van der Waals surface area contributed by atoms with E-state index in [9.17, 15) is 57.5 Å². The molecule has 0 fully saturated rings. The molecule has 0 spiro atoms. The maximum Gasteiger partial charge on any atom is 0.440 e. The highest BCUT2D eigenvalue weighted by Gasteiger charge is 2.22. The second-order valence-electron chi connectivity index (χ2n) is 8.10. The molecule has 0 saturated heterocycles. The van der Waals surface area contributed by atoms with Crippen LogP contribution in [0.1, 0.15) is 0 Å². The summed E-state index contributed by atoms with van der Waals surface area (Å²) >= 11 is 0. The second kappa shape index (κ2) is 20.9. The zero-order valence-corrected chi connectivity index (χ0v) is 29.3. The van der Waals surface area contributed by atoms with Crippen molar-refractivity contribution < 1.29 is 76.3 Å². The Bertz CT molecular complexity index is 1850. The van der Waals surface area contributed by atoms with Crippen molar-refractivity contribution in [1.82, 2.24) is 79.2 Å². The summed E-state index contributed by atoms with van der Waals surface area (Å²) in [5.74, 6) is 0. The standard InChI is InChI=1S/4C5H6N4O5/c4*1-13-4(11)8-3(10)9(7-6-8)5(12)14-2/h4*1-2H3. The van der Waals surface area contributed by atoms with Crippen LogP contribution in [0.3, 0.4) is 0 Å². The van der Waals surface area contributed by atoms with Gasteiger partial charge in [-0.1, -0.05) is 37.5 Å². The third kappa shape index (κ3) is 10.6. The Morgan fingerprint density at radius 3 is 0.429 bits per heavy atom. The van der Waals surface area contributed by atoms with Gasteiger partial charge < -0.3 is 37.9 Å². The molecule has 0 atom stereocenters. The summed E-state index contributed by atoms with van der Waals surface area (Å²) in [5, 5.41) is 24.8. The first-order chi connectivity index (χ1) is 26.5. The number of rotatable bonds is 0. The lowest BCUT2D eigenvalue weighted by molar-refractivity contribution is 0.164. The maximum absolute atomic E-state index is 11.2. The van der Waals surface area contributed by atoms with Crippen LogP contribution in [-0.2, 0) is 37.9 Å². The molecule has 0 N–H and O–H groups in total. The molecular weight excluding hydrogens is 784 g/mol. The van der Waals surface area contributed by atoms with E-state index in [4.69, 9.17) is 0 Å². The Labute approximate surface area is 303 Å². The van der Waals surface area contributed by atoms with Crippen LogP contribution in [0.5, 0.6) is 0 Å². The van der Waals surface area contributed by atoms with Crippen molar-refractivity contribution in [2.45, 2.75) is 0 Å². The third-order valence-corrected chi connectivity index (χ3v) is 5.11. The fraction of sp³-hybridized carbons (Fsp3) is 0.400. The van der Waals surface area contributed by atoms with Crippen molar-refractivity contribution in [1.29, 1.82) is 0 Å². The summed E-state index contributed by atoms with van der Waals surface area (Å²) in [5.41, 5.74) is -4.21. The molecule has 0 aliphatic rings. The average molecular weight is 809 g/mol. The Morgan fingerprint density at radius 2 is 0.357 bits per heavy atom. The molecule has 4 heterocycles. The highest BCUT2D eigenvalue weighted by atomic mass is 16.6. The number of carbonyl (C=O) groups excluding carboxylic acids is 8. The van der Waals surface area contributed by atoms with Crippen LogP contribution in [0.25, 0.3) is 0 Å². The van der Waals surface area contributed by atoms with E-state index in [0.717, 1.165) is 56.9 Å². The lowest BCUT2D eigenvalue weighted by atomic mass is 11.0. The van der Waals surface area contributed by atoms with E-state index in [1.54, 1.807) is 0 Å². The van der Waals surface area contributed by atoms with Crippen LogP contribution in [0, 0.1) is 0 Å². The van der Waals surface area contributed by atoms with E-state index in [1.807, 2.05) is 0 Å². The SMILES string of the molecule is COC(=O)n1nnn(C(=O)OC)c1=O.COC(=O)n1nnn(C(=O)OC)c1=O.COC(=O)n1nnn(C(=O)OC)c1=O.COC(=O)n1nnn(C(=O)OC)c1=O. The monoisotopic (exact) mass is 808 g/mol. The van der Waals surface area contributed by atoms with Gasteiger partial charge in [-0.3, -0.25) is 0 Å². The lowest BCUT2D eigenvalue weighted by Crippen LogP contribution is -2.33. The molecule has 56 heavy (non-hydrogen) atoms. The molecule has 36 heteroatoms. The molecule has 36 nitrogen and oxygen atoms in total. The summed E-state index contributed by atoms with van der Waals surface area (Å²) in [6.45, 7) is 0. The molecule has 0 amide bonds. The van der Waals surface area contributed by atoms with Crippen molar-refractivity contribution >= 4 is 48.7 Å². The summed E-state index contributed by atoms with van der Waals surface area (Å²) in [7, 11) is 8.49. The van der Waals surface area contributed by atoms with E-state index in [1.165, 1.54) is 0 Å². The van der Waals surface area contributed by atoms with Gasteiger partial charge in [-0.15, -0.1) is 0 Å². The van der Waals surface area contributed by atoms with Gasteiger partial charge in [-0.05, 0) is 41.7 Å². The molecule has 0 aromatic carbocycles. The van der Waals surface area contributed by atoms with Crippen LogP contribution >= 0.6 is 0 Å². The van der Waals surface area contributed by atoms with Gasteiger partial charge in [-0.25, -0.2) is 57.5 Å². The number of nitrogens with zero attached hydrogens (tertiary/aromatic N) is 16. The largest absolute Gasteiger partial charge is 0.451 e. The summed E-state index contributed by atoms with van der Waals surface area (Å²) in [6, 6.07) is 0. The van der Waals surface area contributed by atoms with E-state index >= 15 is 0 Å². The topological polar surface area (TPSA) is 421 Å². The minimum atomic E-state index is -1.05. The van der Waals surface area contributed by atoms with Gasteiger partial charge in [0.1, 0.15) is 0 Å². The van der Waals surface area contributed by atoms with Crippen molar-refractivity contribution in [3.05, 3.63) is 41.9 Å². The lowest BCUT2D eigenvalue weighted by Gasteiger charge is -1.93. The zero-order chi connectivity index (χ0) is 42.9. The highest BCUT2D eigenvalue weighted by molar-refractivity contribution is 5.73. The van der Waals surface area contributed by atoms with Crippen molar-refractivity contribution in [2.24, 2.45) is 0 Å². The Balaban J connectivity index is 0.000000373. The van der Waals surface area contributed by atoms with Gasteiger partial charge in [0.25, 0.3) is 0 Å². The summed E-state index contributed by atoms with van der Waals surface area (Å²) in [4.78, 5) is 131. The fourth-order valence-corrected chi connectivity index (χ4v) is 2.59. The molecule has 4 rings (SSSR count). The number of hydrogen-bond acceptors (Lipinski definition) is 28. The normalized spacial score (nSPS) is 9.57. The number of methoxy groups -OCH3 is 8. The molecule has 0 saturated carbocycles. The Hall–Kier alpha value is -8.76. The van der Waals surface area contributed by atoms with E-state index < -0.39 is 71.5 Å². The van der Waals surface area contributed by atoms with E-state index in [-0.39, 0.29) is 37.5 Å². The molecule has 0 aliphatic carbocycles. The van der Waals surface area contributed by atoms with Crippen molar-refractivity contribution in [3.63, 3.8) is 0 Å². The van der Waals surface area contributed by atoms with E-state index in [0.29, 0.717) is 0 Å². The van der Waals surface area contributed by atoms with Gasteiger partial charge in [0.15, 0.2) is 0 Å². The van der Waals surface area contributed by atoms with E-state index in [2.05, 4.69) is 79.6 Å². The van der Waals surface area contributed by atoms with Crippen molar-refractivity contribution in [3.8, 4) is 0 Å². The zero-order valence-electron chi connectivity index (χ0n) is 29.3. The van der Waals surface area contributed by atoms with Gasteiger partial charge >= 0.3 is 71.5 Å². The minimum absolute atomic E-state index is 0.289. The minimum Gasteiger partial charge on any atom is -0.451 e. The quantitative estimate of drug-likeness (QED) is 0.118. The summed E-state index contributed by atoms with van der Waals surface area (Å²) in [6.07, 6.45) is -8.30. The number of hydrogen-bond donors (Lipinski definition) is 0. The molecule has 0 radical (unpaired) electrons. The number of tetrazole rings is 4. The van der Waals surface area contributed by atoms with Gasteiger partial charge in [-0.2, -0.15) is 0 Å². The smallest absolute Gasteiger partial charge is 0.440 e. The molecule has 4 aromatic rings. The first-order valence-electron chi connectivity index (χ1n) is 13.3. The third-order valence-electron chi connectivity index (χ3n) is 5.11. The number of carbonyl (C=O) groups is 8. The number of ether oxygens (including phenoxy) is 8.